The second kappa shape index (κ2) is 7.27. The molecule has 1 aromatic heterocycles. The van der Waals surface area contributed by atoms with Crippen molar-refractivity contribution in [1.29, 1.82) is 0 Å². The zero-order chi connectivity index (χ0) is 21.7. The molecule has 2 aliphatic rings. The predicted molar refractivity (Wildman–Crippen MR) is 123 cm³/mol. The van der Waals surface area contributed by atoms with Gasteiger partial charge >= 0.3 is 0 Å². The van der Waals surface area contributed by atoms with Crippen LogP contribution in [0.5, 0.6) is 11.5 Å². The van der Waals surface area contributed by atoms with Gasteiger partial charge < -0.3 is 14.8 Å². The SMILES string of the molecule is COc1ccccc1[C@H]1Oc2ccccc2C2=C1[C@@H](c1ccc(C)cc1)n1ncnc1N2. The Hall–Kier alpha value is -4.06. The van der Waals surface area contributed by atoms with E-state index in [1.54, 1.807) is 13.4 Å². The number of hydrogen-bond donors (Lipinski definition) is 1. The highest BCUT2D eigenvalue weighted by molar-refractivity contribution is 5.85. The molecule has 6 rings (SSSR count). The average molecular weight is 422 g/mol. The quantitative estimate of drug-likeness (QED) is 0.494. The summed E-state index contributed by atoms with van der Waals surface area (Å²) in [5.41, 5.74) is 6.41. The van der Waals surface area contributed by atoms with Gasteiger partial charge in [-0.15, -0.1) is 0 Å². The van der Waals surface area contributed by atoms with Crippen LogP contribution in [0.1, 0.15) is 34.4 Å². The summed E-state index contributed by atoms with van der Waals surface area (Å²) in [6.07, 6.45) is 1.24. The Morgan fingerprint density at radius 1 is 0.969 bits per heavy atom. The molecule has 3 heterocycles. The van der Waals surface area contributed by atoms with Crippen molar-refractivity contribution in [1.82, 2.24) is 14.8 Å². The molecule has 32 heavy (non-hydrogen) atoms. The maximum atomic E-state index is 6.66. The number of rotatable bonds is 3. The Kier molecular flexibility index (Phi) is 4.24. The Morgan fingerprint density at radius 2 is 1.75 bits per heavy atom. The van der Waals surface area contributed by atoms with E-state index in [9.17, 15) is 0 Å². The lowest BCUT2D eigenvalue weighted by molar-refractivity contribution is 0.217. The monoisotopic (exact) mass is 422 g/mol. The maximum absolute atomic E-state index is 6.66. The van der Waals surface area contributed by atoms with Gasteiger partial charge in [-0.25, -0.2) is 4.68 Å². The zero-order valence-corrected chi connectivity index (χ0v) is 17.8. The van der Waals surface area contributed by atoms with Crippen LogP contribution in [-0.4, -0.2) is 21.9 Å². The Labute approximate surface area is 186 Å². The van der Waals surface area contributed by atoms with E-state index < -0.39 is 0 Å². The molecule has 0 radical (unpaired) electrons. The highest BCUT2D eigenvalue weighted by Crippen LogP contribution is 2.51. The van der Waals surface area contributed by atoms with E-state index in [1.165, 1.54) is 5.56 Å². The van der Waals surface area contributed by atoms with Crippen molar-refractivity contribution in [2.45, 2.75) is 19.1 Å². The van der Waals surface area contributed by atoms with E-state index in [0.29, 0.717) is 5.95 Å². The molecule has 0 spiro atoms. The third kappa shape index (κ3) is 2.80. The van der Waals surface area contributed by atoms with Gasteiger partial charge in [0.2, 0.25) is 5.95 Å². The second-order valence-corrected chi connectivity index (χ2v) is 8.03. The molecule has 0 fully saturated rings. The summed E-state index contributed by atoms with van der Waals surface area (Å²) in [6.45, 7) is 2.09. The first-order valence-electron chi connectivity index (χ1n) is 10.6. The Morgan fingerprint density at radius 3 is 2.59 bits per heavy atom. The molecule has 0 saturated heterocycles. The summed E-state index contributed by atoms with van der Waals surface area (Å²) < 4.78 is 14.3. The fourth-order valence-electron chi connectivity index (χ4n) is 4.63. The molecule has 2 atom stereocenters. The molecule has 6 heteroatoms. The number of aryl methyl sites for hydroxylation is 1. The van der Waals surface area contributed by atoms with Crippen LogP contribution in [0.25, 0.3) is 5.70 Å². The highest BCUT2D eigenvalue weighted by Gasteiger charge is 2.41. The first-order chi connectivity index (χ1) is 15.7. The highest BCUT2D eigenvalue weighted by atomic mass is 16.5. The maximum Gasteiger partial charge on any atom is 0.226 e. The van der Waals surface area contributed by atoms with Crippen molar-refractivity contribution < 1.29 is 9.47 Å². The van der Waals surface area contributed by atoms with E-state index in [1.807, 2.05) is 41.1 Å². The standard InChI is InChI=1S/C26H22N4O2/c1-16-11-13-17(14-12-16)24-22-23(29-26-27-15-28-30(24)26)18-7-3-6-10-21(18)32-25(22)19-8-4-5-9-20(19)31-2/h3-15,24-25H,1-2H3,(H,27,28,29)/t24-,25-/m1/s1. The molecule has 0 bridgehead atoms. The molecule has 3 aromatic carbocycles. The van der Waals surface area contributed by atoms with E-state index in [-0.39, 0.29) is 12.1 Å². The van der Waals surface area contributed by atoms with E-state index in [4.69, 9.17) is 9.47 Å². The first-order valence-corrected chi connectivity index (χ1v) is 10.6. The number of benzene rings is 3. The lowest BCUT2D eigenvalue weighted by atomic mass is 9.84. The lowest BCUT2D eigenvalue weighted by Crippen LogP contribution is -2.32. The minimum absolute atomic E-state index is 0.174. The normalized spacial score (nSPS) is 18.7. The van der Waals surface area contributed by atoms with Gasteiger partial charge in [-0.1, -0.05) is 60.2 Å². The summed E-state index contributed by atoms with van der Waals surface area (Å²) in [5, 5.41) is 8.11. The van der Waals surface area contributed by atoms with Gasteiger partial charge in [-0.05, 0) is 30.7 Å². The molecule has 0 unspecified atom stereocenters. The van der Waals surface area contributed by atoms with Crippen molar-refractivity contribution in [3.8, 4) is 11.5 Å². The smallest absolute Gasteiger partial charge is 0.226 e. The van der Waals surface area contributed by atoms with Crippen LogP contribution in [0.4, 0.5) is 5.95 Å². The fourth-order valence-corrected chi connectivity index (χ4v) is 4.63. The average Bonchev–Trinajstić information content (AvgIpc) is 3.31. The van der Waals surface area contributed by atoms with Crippen LogP contribution in [-0.2, 0) is 0 Å². The van der Waals surface area contributed by atoms with Crippen molar-refractivity contribution in [3.05, 3.63) is 107 Å². The molecule has 1 N–H and O–H groups in total. The molecular formula is C26H22N4O2. The molecule has 0 amide bonds. The van der Waals surface area contributed by atoms with Gasteiger partial charge in [0.05, 0.1) is 12.8 Å². The van der Waals surface area contributed by atoms with Crippen LogP contribution in [0.15, 0.2) is 84.7 Å². The van der Waals surface area contributed by atoms with E-state index in [2.05, 4.69) is 58.7 Å². The summed E-state index contributed by atoms with van der Waals surface area (Å²) in [6, 6.07) is 24.5. The Balaban J connectivity index is 1.64. The molecule has 4 aromatic rings. The van der Waals surface area contributed by atoms with Crippen LogP contribution in [0.3, 0.4) is 0 Å². The number of anilines is 1. The van der Waals surface area contributed by atoms with Crippen molar-refractivity contribution >= 4 is 11.6 Å². The van der Waals surface area contributed by atoms with Gasteiger partial charge in [0.15, 0.2) is 6.10 Å². The van der Waals surface area contributed by atoms with Crippen molar-refractivity contribution in [2.75, 3.05) is 12.4 Å². The molecule has 6 nitrogen and oxygen atoms in total. The summed E-state index contributed by atoms with van der Waals surface area (Å²) in [7, 11) is 1.69. The zero-order valence-electron chi connectivity index (χ0n) is 17.8. The van der Waals surface area contributed by atoms with Crippen LogP contribution >= 0.6 is 0 Å². The number of para-hydroxylation sites is 2. The predicted octanol–water partition coefficient (Wildman–Crippen LogP) is 5.16. The van der Waals surface area contributed by atoms with Crippen molar-refractivity contribution in [2.24, 2.45) is 0 Å². The molecule has 158 valence electrons. The Bertz CT molecular complexity index is 1340. The first kappa shape index (κ1) is 18.7. The number of fused-ring (bicyclic) bond motifs is 3. The largest absolute Gasteiger partial charge is 0.496 e. The molecular weight excluding hydrogens is 400 g/mol. The molecule has 2 aliphatic heterocycles. The van der Waals surface area contributed by atoms with Crippen LogP contribution in [0, 0.1) is 6.92 Å². The van der Waals surface area contributed by atoms with Gasteiger partial charge in [-0.3, -0.25) is 0 Å². The number of nitrogens with one attached hydrogen (secondary N) is 1. The number of nitrogens with zero attached hydrogens (tertiary/aromatic N) is 3. The number of ether oxygens (including phenoxy) is 2. The fraction of sp³-hybridized carbons (Fsp3) is 0.154. The number of aromatic nitrogens is 3. The lowest BCUT2D eigenvalue weighted by Gasteiger charge is -2.39. The minimum Gasteiger partial charge on any atom is -0.496 e. The summed E-state index contributed by atoms with van der Waals surface area (Å²) in [5.74, 6) is 2.32. The van der Waals surface area contributed by atoms with Gasteiger partial charge in [0.25, 0.3) is 0 Å². The topological polar surface area (TPSA) is 61.2 Å². The van der Waals surface area contributed by atoms with Gasteiger partial charge in [0.1, 0.15) is 23.9 Å². The summed E-state index contributed by atoms with van der Waals surface area (Å²) in [4.78, 5) is 4.49. The van der Waals surface area contributed by atoms with Gasteiger partial charge in [-0.2, -0.15) is 10.1 Å². The third-order valence-electron chi connectivity index (χ3n) is 6.14. The van der Waals surface area contributed by atoms with E-state index >= 15 is 0 Å². The number of hydrogen-bond acceptors (Lipinski definition) is 5. The van der Waals surface area contributed by atoms with E-state index in [0.717, 1.165) is 39.5 Å². The van der Waals surface area contributed by atoms with Crippen LogP contribution in [0.2, 0.25) is 0 Å². The number of methoxy groups -OCH3 is 1. The molecule has 0 aliphatic carbocycles. The third-order valence-corrected chi connectivity index (χ3v) is 6.14. The van der Waals surface area contributed by atoms with Crippen molar-refractivity contribution in [3.63, 3.8) is 0 Å². The molecule has 0 saturated carbocycles. The summed E-state index contributed by atoms with van der Waals surface area (Å²) >= 11 is 0. The minimum atomic E-state index is -0.354. The van der Waals surface area contributed by atoms with Gasteiger partial charge in [0, 0.05) is 16.7 Å². The second-order valence-electron chi connectivity index (χ2n) is 8.03. The van der Waals surface area contributed by atoms with Crippen LogP contribution < -0.4 is 14.8 Å².